The van der Waals surface area contributed by atoms with E-state index >= 15 is 0 Å². The van der Waals surface area contributed by atoms with Gasteiger partial charge in [-0.1, -0.05) is 11.8 Å². The highest BCUT2D eigenvalue weighted by atomic mass is 32.2. The monoisotopic (exact) mass is 264 g/mol. The lowest BCUT2D eigenvalue weighted by atomic mass is 10.2. The van der Waals surface area contributed by atoms with Crippen LogP contribution >= 0.6 is 11.8 Å². The fourth-order valence-corrected chi connectivity index (χ4v) is 2.46. The number of aliphatic hydroxyl groups excluding tert-OH is 1. The molecule has 0 aliphatic heterocycles. The van der Waals surface area contributed by atoms with Crippen LogP contribution in [0.5, 0.6) is 5.75 Å². The summed E-state index contributed by atoms with van der Waals surface area (Å²) in [5.41, 5.74) is 0.593. The van der Waals surface area contributed by atoms with E-state index in [0.717, 1.165) is 15.5 Å². The van der Waals surface area contributed by atoms with Crippen molar-refractivity contribution < 1.29 is 14.2 Å². The predicted octanol–water partition coefficient (Wildman–Crippen LogP) is 3.48. The smallest absolute Gasteiger partial charge is 0.123 e. The van der Waals surface area contributed by atoms with Crippen LogP contribution in [-0.4, -0.2) is 12.2 Å². The molecular formula is C14H13FO2S. The zero-order chi connectivity index (χ0) is 13.0. The number of rotatable bonds is 4. The van der Waals surface area contributed by atoms with E-state index in [0.29, 0.717) is 5.56 Å². The van der Waals surface area contributed by atoms with Crippen molar-refractivity contribution in [1.82, 2.24) is 0 Å². The van der Waals surface area contributed by atoms with E-state index in [-0.39, 0.29) is 12.4 Å². The average molecular weight is 264 g/mol. The summed E-state index contributed by atoms with van der Waals surface area (Å²) in [6.07, 6.45) is 0. The summed E-state index contributed by atoms with van der Waals surface area (Å²) in [5, 5.41) is 9.20. The minimum Gasteiger partial charge on any atom is -0.497 e. The Bertz CT molecular complexity index is 526. The van der Waals surface area contributed by atoms with E-state index in [2.05, 4.69) is 0 Å². The van der Waals surface area contributed by atoms with Crippen molar-refractivity contribution in [2.24, 2.45) is 0 Å². The van der Waals surface area contributed by atoms with Gasteiger partial charge < -0.3 is 9.84 Å². The molecule has 2 aromatic carbocycles. The van der Waals surface area contributed by atoms with E-state index < -0.39 is 0 Å². The summed E-state index contributed by atoms with van der Waals surface area (Å²) in [4.78, 5) is 1.86. The highest BCUT2D eigenvalue weighted by Gasteiger charge is 2.05. The number of methoxy groups -OCH3 is 1. The normalized spacial score (nSPS) is 10.4. The van der Waals surface area contributed by atoms with Gasteiger partial charge in [0.15, 0.2) is 0 Å². The van der Waals surface area contributed by atoms with Crippen LogP contribution in [0.3, 0.4) is 0 Å². The highest BCUT2D eigenvalue weighted by Crippen LogP contribution is 2.31. The van der Waals surface area contributed by atoms with E-state index in [1.165, 1.54) is 23.9 Å². The molecule has 0 atom stereocenters. The zero-order valence-corrected chi connectivity index (χ0v) is 10.7. The van der Waals surface area contributed by atoms with Crippen molar-refractivity contribution in [3.63, 3.8) is 0 Å². The van der Waals surface area contributed by atoms with Crippen LogP contribution in [0.2, 0.25) is 0 Å². The van der Waals surface area contributed by atoms with E-state index in [9.17, 15) is 9.50 Å². The Morgan fingerprint density at radius 2 is 1.89 bits per heavy atom. The van der Waals surface area contributed by atoms with Gasteiger partial charge in [0.2, 0.25) is 0 Å². The topological polar surface area (TPSA) is 29.5 Å². The molecule has 0 saturated carbocycles. The third-order valence-electron chi connectivity index (χ3n) is 2.48. The lowest BCUT2D eigenvalue weighted by molar-refractivity contribution is 0.278. The summed E-state index contributed by atoms with van der Waals surface area (Å²) in [5.74, 6) is 0.457. The molecule has 0 aromatic heterocycles. The maximum absolute atomic E-state index is 13.0. The molecule has 2 aromatic rings. The Morgan fingerprint density at radius 1 is 1.17 bits per heavy atom. The first-order valence-corrected chi connectivity index (χ1v) is 6.26. The molecule has 0 aliphatic carbocycles. The SMILES string of the molecule is COc1ccc(Sc2ccc(F)cc2CO)cc1. The quantitative estimate of drug-likeness (QED) is 0.916. The second-order valence-corrected chi connectivity index (χ2v) is 4.80. The summed E-state index contributed by atoms with van der Waals surface area (Å²) in [6, 6.07) is 12.0. The third kappa shape index (κ3) is 3.03. The summed E-state index contributed by atoms with van der Waals surface area (Å²) in [7, 11) is 1.62. The molecule has 0 bridgehead atoms. The fraction of sp³-hybridized carbons (Fsp3) is 0.143. The van der Waals surface area contributed by atoms with Gasteiger partial charge in [-0.3, -0.25) is 0 Å². The molecule has 2 rings (SSSR count). The second kappa shape index (κ2) is 5.89. The summed E-state index contributed by atoms with van der Waals surface area (Å²) < 4.78 is 18.1. The molecule has 0 saturated heterocycles. The van der Waals surface area contributed by atoms with Crippen molar-refractivity contribution in [1.29, 1.82) is 0 Å². The molecule has 1 N–H and O–H groups in total. The third-order valence-corrected chi connectivity index (χ3v) is 3.61. The molecule has 4 heteroatoms. The van der Waals surface area contributed by atoms with Gasteiger partial charge in [-0.25, -0.2) is 4.39 Å². The minimum atomic E-state index is -0.335. The number of hydrogen-bond acceptors (Lipinski definition) is 3. The van der Waals surface area contributed by atoms with Gasteiger partial charge >= 0.3 is 0 Å². The Balaban J connectivity index is 2.22. The Kier molecular flexibility index (Phi) is 4.23. The van der Waals surface area contributed by atoms with Gasteiger partial charge in [-0.15, -0.1) is 0 Å². The van der Waals surface area contributed by atoms with Crippen molar-refractivity contribution in [3.05, 3.63) is 53.8 Å². The standard InChI is InChI=1S/C14H13FO2S/c1-17-12-3-5-13(6-4-12)18-14-7-2-11(15)8-10(14)9-16/h2-8,16H,9H2,1H3. The largest absolute Gasteiger partial charge is 0.497 e. The molecule has 94 valence electrons. The molecule has 0 radical (unpaired) electrons. The maximum atomic E-state index is 13.0. The van der Waals surface area contributed by atoms with Crippen molar-refractivity contribution >= 4 is 11.8 Å². The van der Waals surface area contributed by atoms with E-state index in [4.69, 9.17) is 4.74 Å². The van der Waals surface area contributed by atoms with Crippen molar-refractivity contribution in [2.45, 2.75) is 16.4 Å². The summed E-state index contributed by atoms with van der Waals surface area (Å²) >= 11 is 1.48. The number of hydrogen-bond donors (Lipinski definition) is 1. The number of halogens is 1. The Hall–Kier alpha value is -1.52. The molecular weight excluding hydrogens is 251 g/mol. The minimum absolute atomic E-state index is 0.170. The first-order valence-electron chi connectivity index (χ1n) is 5.44. The van der Waals surface area contributed by atoms with Gasteiger partial charge in [-0.05, 0) is 48.0 Å². The van der Waals surface area contributed by atoms with Crippen LogP contribution < -0.4 is 4.74 Å². The van der Waals surface area contributed by atoms with Crippen LogP contribution in [0, 0.1) is 5.82 Å². The van der Waals surface area contributed by atoms with Crippen LogP contribution in [-0.2, 0) is 6.61 Å². The van der Waals surface area contributed by atoms with E-state index in [1.54, 1.807) is 13.2 Å². The zero-order valence-electron chi connectivity index (χ0n) is 9.89. The molecule has 0 unspecified atom stereocenters. The van der Waals surface area contributed by atoms with Crippen LogP contribution in [0.25, 0.3) is 0 Å². The molecule has 0 spiro atoms. The summed E-state index contributed by atoms with van der Waals surface area (Å²) in [6.45, 7) is -0.170. The number of ether oxygens (including phenoxy) is 1. The highest BCUT2D eigenvalue weighted by molar-refractivity contribution is 7.99. The molecule has 0 amide bonds. The van der Waals surface area contributed by atoms with Crippen LogP contribution in [0.4, 0.5) is 4.39 Å². The Labute approximate surface area is 109 Å². The van der Waals surface area contributed by atoms with Crippen molar-refractivity contribution in [3.8, 4) is 5.75 Å². The van der Waals surface area contributed by atoms with Gasteiger partial charge in [-0.2, -0.15) is 0 Å². The van der Waals surface area contributed by atoms with Gasteiger partial charge in [0.1, 0.15) is 11.6 Å². The molecule has 18 heavy (non-hydrogen) atoms. The van der Waals surface area contributed by atoms with E-state index in [1.807, 2.05) is 24.3 Å². The average Bonchev–Trinajstić information content (AvgIpc) is 2.41. The van der Waals surface area contributed by atoms with Crippen LogP contribution in [0.15, 0.2) is 52.3 Å². The van der Waals surface area contributed by atoms with Crippen molar-refractivity contribution in [2.75, 3.05) is 7.11 Å². The van der Waals surface area contributed by atoms with Gasteiger partial charge in [0.05, 0.1) is 13.7 Å². The molecule has 0 heterocycles. The molecule has 2 nitrogen and oxygen atoms in total. The maximum Gasteiger partial charge on any atom is 0.123 e. The first-order chi connectivity index (χ1) is 8.72. The fourth-order valence-electron chi connectivity index (χ4n) is 1.54. The molecule has 0 aliphatic rings. The molecule has 0 fully saturated rings. The first kappa shape index (κ1) is 12.9. The Morgan fingerprint density at radius 3 is 2.50 bits per heavy atom. The number of benzene rings is 2. The van der Waals surface area contributed by atoms with Crippen LogP contribution in [0.1, 0.15) is 5.56 Å². The lowest BCUT2D eigenvalue weighted by Crippen LogP contribution is -1.89. The predicted molar refractivity (Wildman–Crippen MR) is 69.4 cm³/mol. The van der Waals surface area contributed by atoms with Gasteiger partial charge in [0, 0.05) is 9.79 Å². The van der Waals surface area contributed by atoms with Gasteiger partial charge in [0.25, 0.3) is 0 Å². The lowest BCUT2D eigenvalue weighted by Gasteiger charge is -2.07. The second-order valence-electron chi connectivity index (χ2n) is 3.69. The number of aliphatic hydroxyl groups is 1.